The highest BCUT2D eigenvalue weighted by Crippen LogP contribution is 2.04. The number of likely N-dealkylation sites (N-methyl/N-ethyl adjacent to an activating group) is 1. The minimum Gasteiger partial charge on any atom is -0.726 e. The normalized spacial score (nSPS) is 11.6. The number of carbonyl (C=O) groups excluding carboxylic acids is 1. The summed E-state index contributed by atoms with van der Waals surface area (Å²) in [5.74, 6) is -0.344. The largest absolute Gasteiger partial charge is 0.726 e. The molecule has 0 N–H and O–H groups in total. The first-order chi connectivity index (χ1) is 8.96. The monoisotopic (exact) mass is 311 g/mol. The Morgan fingerprint density at radius 3 is 2.15 bits per heavy atom. The van der Waals surface area contributed by atoms with Crippen molar-refractivity contribution in [3.8, 4) is 0 Å². The van der Waals surface area contributed by atoms with Crippen LogP contribution < -0.4 is 0 Å². The summed E-state index contributed by atoms with van der Waals surface area (Å²) in [6.07, 6.45) is 1.19. The first-order valence-electron chi connectivity index (χ1n) is 6.18. The van der Waals surface area contributed by atoms with Crippen LogP contribution in [0.1, 0.15) is 20.8 Å². The molecule has 0 bridgehead atoms. The second-order valence-electron chi connectivity index (χ2n) is 4.78. The van der Waals surface area contributed by atoms with Crippen molar-refractivity contribution in [3.05, 3.63) is 12.7 Å². The van der Waals surface area contributed by atoms with Crippen molar-refractivity contribution in [3.63, 3.8) is 0 Å². The SMILES string of the molecule is C=CC(=O)OCC[N+](C)(C)C(C)C.CCOS(=O)(=O)[O-]. The molecule has 0 saturated carbocycles. The average molecular weight is 311 g/mol. The molecule has 0 saturated heterocycles. The Kier molecular flexibility index (Phi) is 10.5. The van der Waals surface area contributed by atoms with Crippen molar-refractivity contribution in [1.82, 2.24) is 0 Å². The molecular weight excluding hydrogens is 286 g/mol. The third-order valence-electron chi connectivity index (χ3n) is 2.74. The van der Waals surface area contributed by atoms with Gasteiger partial charge >= 0.3 is 5.97 Å². The van der Waals surface area contributed by atoms with E-state index in [0.29, 0.717) is 12.6 Å². The highest BCUT2D eigenvalue weighted by atomic mass is 32.3. The average Bonchev–Trinajstić information content (AvgIpc) is 2.27. The number of ether oxygens (including phenoxy) is 1. The number of hydrogen-bond donors (Lipinski definition) is 0. The fourth-order valence-electron chi connectivity index (χ4n) is 0.843. The lowest BCUT2D eigenvalue weighted by molar-refractivity contribution is -0.911. The molecule has 7 nitrogen and oxygen atoms in total. The molecule has 0 aliphatic heterocycles. The van der Waals surface area contributed by atoms with Gasteiger partial charge in [0, 0.05) is 6.08 Å². The molecule has 0 aromatic carbocycles. The van der Waals surface area contributed by atoms with Gasteiger partial charge in [-0.2, -0.15) is 0 Å². The van der Waals surface area contributed by atoms with Crippen LogP contribution in [-0.4, -0.2) is 63.3 Å². The summed E-state index contributed by atoms with van der Waals surface area (Å²) in [6, 6.07) is 0.530. The lowest BCUT2D eigenvalue weighted by atomic mass is 10.3. The van der Waals surface area contributed by atoms with Crippen LogP contribution in [0.4, 0.5) is 0 Å². The van der Waals surface area contributed by atoms with Gasteiger partial charge in [-0.3, -0.25) is 4.18 Å². The highest BCUT2D eigenvalue weighted by molar-refractivity contribution is 7.80. The molecule has 20 heavy (non-hydrogen) atoms. The Morgan fingerprint density at radius 1 is 1.40 bits per heavy atom. The summed E-state index contributed by atoms with van der Waals surface area (Å²) in [5, 5.41) is 0. The number of esters is 1. The van der Waals surface area contributed by atoms with Crippen molar-refractivity contribution >= 4 is 16.4 Å². The zero-order valence-electron chi connectivity index (χ0n) is 12.8. The molecule has 0 rings (SSSR count). The van der Waals surface area contributed by atoms with Crippen molar-refractivity contribution < 1.29 is 31.2 Å². The maximum Gasteiger partial charge on any atom is 0.330 e. The molecule has 0 spiro atoms. The van der Waals surface area contributed by atoms with Gasteiger partial charge in [0.15, 0.2) is 0 Å². The van der Waals surface area contributed by atoms with Gasteiger partial charge < -0.3 is 13.8 Å². The minimum absolute atomic E-state index is 0.0914. The number of carbonyl (C=O) groups is 1. The van der Waals surface area contributed by atoms with E-state index in [-0.39, 0.29) is 12.6 Å². The standard InChI is InChI=1S/C10H20NO2.C2H6O4S/c1-6-10(12)13-8-7-11(4,5)9(2)3;1-2-6-7(3,4)5/h6,9H,1,7-8H2,2-5H3;2H2,1H3,(H,3,4,5)/q+1;/p-1. The van der Waals surface area contributed by atoms with E-state index in [2.05, 4.69) is 38.7 Å². The van der Waals surface area contributed by atoms with Crippen molar-refractivity contribution in [2.45, 2.75) is 26.8 Å². The molecule has 8 heteroatoms. The lowest BCUT2D eigenvalue weighted by Gasteiger charge is -2.33. The van der Waals surface area contributed by atoms with Crippen LogP contribution in [0.2, 0.25) is 0 Å². The quantitative estimate of drug-likeness (QED) is 0.226. The van der Waals surface area contributed by atoms with Gasteiger partial charge in [0.1, 0.15) is 13.2 Å². The molecule has 0 aromatic heterocycles. The molecular formula is C12H25NO6S. The van der Waals surface area contributed by atoms with Crippen molar-refractivity contribution in [2.24, 2.45) is 0 Å². The Labute approximate surface area is 121 Å². The smallest absolute Gasteiger partial charge is 0.330 e. The van der Waals surface area contributed by atoms with E-state index < -0.39 is 10.4 Å². The van der Waals surface area contributed by atoms with E-state index in [1.165, 1.54) is 13.0 Å². The topological polar surface area (TPSA) is 92.7 Å². The van der Waals surface area contributed by atoms with Crippen LogP contribution in [0.5, 0.6) is 0 Å². The van der Waals surface area contributed by atoms with Crippen molar-refractivity contribution in [1.29, 1.82) is 0 Å². The molecule has 0 amide bonds. The molecule has 0 unspecified atom stereocenters. The Bertz CT molecular complexity index is 389. The van der Waals surface area contributed by atoms with E-state index in [1.54, 1.807) is 0 Å². The summed E-state index contributed by atoms with van der Waals surface area (Å²) >= 11 is 0. The van der Waals surface area contributed by atoms with Crippen LogP contribution in [0, 0.1) is 0 Å². The number of nitrogens with zero attached hydrogens (tertiary/aromatic N) is 1. The van der Waals surface area contributed by atoms with Gasteiger partial charge in [0.2, 0.25) is 10.4 Å². The summed E-state index contributed by atoms with van der Waals surface area (Å²) < 4.78 is 37.8. The Hall–Kier alpha value is -0.960. The van der Waals surface area contributed by atoms with Crippen LogP contribution in [0.15, 0.2) is 12.7 Å². The number of hydrogen-bond acceptors (Lipinski definition) is 6. The predicted molar refractivity (Wildman–Crippen MR) is 74.6 cm³/mol. The van der Waals surface area contributed by atoms with E-state index in [9.17, 15) is 17.8 Å². The molecule has 0 aliphatic carbocycles. The van der Waals surface area contributed by atoms with Gasteiger partial charge in [0.25, 0.3) is 0 Å². The molecule has 0 fully saturated rings. The second kappa shape index (κ2) is 9.87. The zero-order valence-corrected chi connectivity index (χ0v) is 13.6. The third kappa shape index (κ3) is 13.5. The van der Waals surface area contributed by atoms with E-state index in [0.717, 1.165) is 11.0 Å². The fourth-order valence-corrected chi connectivity index (χ4v) is 1.13. The van der Waals surface area contributed by atoms with Crippen molar-refractivity contribution in [2.75, 3.05) is 33.9 Å². The van der Waals surface area contributed by atoms with Gasteiger partial charge in [-0.15, -0.1) is 0 Å². The maximum atomic E-state index is 10.7. The predicted octanol–water partition coefficient (Wildman–Crippen LogP) is 0.683. The van der Waals surface area contributed by atoms with Gasteiger partial charge in [0.05, 0.1) is 26.7 Å². The highest BCUT2D eigenvalue weighted by Gasteiger charge is 2.19. The van der Waals surface area contributed by atoms with Gasteiger partial charge in [-0.05, 0) is 20.8 Å². The molecule has 0 atom stereocenters. The second-order valence-corrected chi connectivity index (χ2v) is 5.83. The van der Waals surface area contributed by atoms with E-state index >= 15 is 0 Å². The molecule has 0 radical (unpaired) electrons. The fraction of sp³-hybridized carbons (Fsp3) is 0.750. The Morgan fingerprint density at radius 2 is 1.90 bits per heavy atom. The lowest BCUT2D eigenvalue weighted by Crippen LogP contribution is -2.47. The summed E-state index contributed by atoms with van der Waals surface area (Å²) in [6.45, 7) is 10.2. The summed E-state index contributed by atoms with van der Waals surface area (Å²) in [5.41, 5.74) is 0. The first kappa shape index (κ1) is 21.3. The van der Waals surface area contributed by atoms with Crippen LogP contribution in [-0.2, 0) is 24.1 Å². The van der Waals surface area contributed by atoms with E-state index in [4.69, 9.17) is 4.74 Å². The van der Waals surface area contributed by atoms with Gasteiger partial charge in [-0.25, -0.2) is 13.2 Å². The molecule has 0 aromatic rings. The number of quaternary nitrogens is 1. The molecule has 0 heterocycles. The third-order valence-corrected chi connectivity index (χ3v) is 3.26. The van der Waals surface area contributed by atoms with Crippen LogP contribution in [0.3, 0.4) is 0 Å². The van der Waals surface area contributed by atoms with Crippen LogP contribution >= 0.6 is 0 Å². The summed E-state index contributed by atoms with van der Waals surface area (Å²) in [4.78, 5) is 10.7. The first-order valence-corrected chi connectivity index (χ1v) is 7.51. The van der Waals surface area contributed by atoms with E-state index in [1.807, 2.05) is 0 Å². The maximum absolute atomic E-state index is 10.7. The number of rotatable bonds is 7. The Balaban J connectivity index is 0. The minimum atomic E-state index is -4.42. The summed E-state index contributed by atoms with van der Waals surface area (Å²) in [7, 11) is -0.189. The molecule has 120 valence electrons. The van der Waals surface area contributed by atoms with Gasteiger partial charge in [-0.1, -0.05) is 6.58 Å². The zero-order chi connectivity index (χ0) is 16.4. The molecule has 0 aliphatic rings. The van der Waals surface area contributed by atoms with Crippen LogP contribution in [0.25, 0.3) is 0 Å².